The van der Waals surface area contributed by atoms with Crippen LogP contribution in [0.15, 0.2) is 0 Å². The number of hydrogen-bond acceptors (Lipinski definition) is 8. The molecule has 0 aliphatic heterocycles. The van der Waals surface area contributed by atoms with Gasteiger partial charge in [-0.05, 0) is 0 Å². The van der Waals surface area contributed by atoms with Crippen molar-refractivity contribution in [1.29, 1.82) is 0 Å². The number of carboxylic acids is 1. The van der Waals surface area contributed by atoms with E-state index in [0.717, 1.165) is 7.11 Å². The first-order valence-electron chi connectivity index (χ1n) is 5.16. The van der Waals surface area contributed by atoms with Crippen molar-refractivity contribution in [3.8, 4) is 0 Å². The van der Waals surface area contributed by atoms with Gasteiger partial charge in [0.15, 0.2) is 12.2 Å². The molecular formula is C11H24O9. The lowest BCUT2D eigenvalue weighted by Crippen LogP contribution is -2.40. The van der Waals surface area contributed by atoms with Crippen molar-refractivity contribution in [2.24, 2.45) is 0 Å². The Hall–Kier alpha value is -1.71. The van der Waals surface area contributed by atoms with Crippen LogP contribution in [-0.4, -0.2) is 71.4 Å². The molecule has 0 aliphatic carbocycles. The van der Waals surface area contributed by atoms with Crippen molar-refractivity contribution in [3.05, 3.63) is 0 Å². The summed E-state index contributed by atoms with van der Waals surface area (Å²) >= 11 is 0. The molecule has 0 saturated heterocycles. The maximum atomic E-state index is 10.4. The Morgan fingerprint density at radius 2 is 1.40 bits per heavy atom. The highest BCUT2D eigenvalue weighted by Gasteiger charge is 2.30. The maximum Gasteiger partial charge on any atom is 0.338 e. The van der Waals surface area contributed by atoms with Crippen LogP contribution in [0, 0.1) is 0 Å². The SMILES string of the molecule is C.CC.COC(=O)CO.COC(=O)[C@H](O)[C@@H](O)C(=O)O. The Kier molecular flexibility index (Phi) is 23.1. The molecule has 0 radical (unpaired) electrons. The molecule has 2 atom stereocenters. The zero-order chi connectivity index (χ0) is 16.0. The van der Waals surface area contributed by atoms with Gasteiger partial charge >= 0.3 is 17.9 Å². The topological polar surface area (TPSA) is 151 Å². The second-order valence-corrected chi connectivity index (χ2v) is 2.49. The van der Waals surface area contributed by atoms with Crippen LogP contribution in [0.3, 0.4) is 0 Å². The summed E-state index contributed by atoms with van der Waals surface area (Å²) in [5.74, 6) is -3.46. The first kappa shape index (κ1) is 26.8. The number of esters is 2. The van der Waals surface area contributed by atoms with Gasteiger partial charge in [-0.1, -0.05) is 21.3 Å². The minimum atomic E-state index is -2.14. The van der Waals surface area contributed by atoms with E-state index in [1.165, 1.54) is 7.11 Å². The molecule has 9 nitrogen and oxygen atoms in total. The average molecular weight is 300 g/mol. The predicted molar refractivity (Wildman–Crippen MR) is 68.8 cm³/mol. The normalized spacial score (nSPS) is 10.9. The van der Waals surface area contributed by atoms with Gasteiger partial charge in [0.2, 0.25) is 0 Å². The van der Waals surface area contributed by atoms with Gasteiger partial charge in [-0.3, -0.25) is 0 Å². The fourth-order valence-corrected chi connectivity index (χ4v) is 0.449. The lowest BCUT2D eigenvalue weighted by atomic mass is 10.2. The van der Waals surface area contributed by atoms with E-state index in [-0.39, 0.29) is 7.43 Å². The largest absolute Gasteiger partial charge is 0.479 e. The minimum Gasteiger partial charge on any atom is -0.479 e. The molecule has 4 N–H and O–H groups in total. The molecule has 0 amide bonds. The number of carbonyl (C=O) groups excluding carboxylic acids is 2. The molecule has 0 aromatic rings. The maximum absolute atomic E-state index is 10.4. The Morgan fingerprint density at radius 3 is 1.55 bits per heavy atom. The van der Waals surface area contributed by atoms with E-state index in [4.69, 9.17) is 20.4 Å². The van der Waals surface area contributed by atoms with E-state index < -0.39 is 36.7 Å². The number of aliphatic hydroxyl groups is 3. The molecule has 9 heteroatoms. The van der Waals surface area contributed by atoms with Gasteiger partial charge in [-0.25, -0.2) is 14.4 Å². The number of carboxylic acid groups (broad SMARTS) is 1. The van der Waals surface area contributed by atoms with Crippen molar-refractivity contribution in [2.75, 3.05) is 20.8 Å². The van der Waals surface area contributed by atoms with Crippen LogP contribution in [0.25, 0.3) is 0 Å². The molecule has 0 aromatic carbocycles. The van der Waals surface area contributed by atoms with Crippen molar-refractivity contribution in [1.82, 2.24) is 0 Å². The summed E-state index contributed by atoms with van der Waals surface area (Å²) in [5.41, 5.74) is 0. The highest BCUT2D eigenvalue weighted by molar-refractivity contribution is 5.84. The molecule has 122 valence electrons. The summed E-state index contributed by atoms with van der Waals surface area (Å²) in [6.45, 7) is 3.47. The third-order valence-electron chi connectivity index (χ3n) is 1.35. The second-order valence-electron chi connectivity index (χ2n) is 2.49. The van der Waals surface area contributed by atoms with Crippen molar-refractivity contribution in [3.63, 3.8) is 0 Å². The van der Waals surface area contributed by atoms with Crippen molar-refractivity contribution in [2.45, 2.75) is 33.5 Å². The summed E-state index contributed by atoms with van der Waals surface area (Å²) in [7, 11) is 2.19. The van der Waals surface area contributed by atoms with Crippen LogP contribution < -0.4 is 0 Å². The molecular weight excluding hydrogens is 276 g/mol. The molecule has 0 aliphatic rings. The van der Waals surface area contributed by atoms with Gasteiger partial charge in [0.1, 0.15) is 6.61 Å². The minimum absolute atomic E-state index is 0. The van der Waals surface area contributed by atoms with Gasteiger partial charge in [-0.15, -0.1) is 0 Å². The summed E-state index contributed by atoms with van der Waals surface area (Å²) in [5, 5.41) is 33.1. The first-order valence-corrected chi connectivity index (χ1v) is 5.16. The Morgan fingerprint density at radius 1 is 1.00 bits per heavy atom. The fourth-order valence-electron chi connectivity index (χ4n) is 0.449. The first-order chi connectivity index (χ1) is 8.81. The third kappa shape index (κ3) is 14.4. The predicted octanol–water partition coefficient (Wildman–Crippen LogP) is -1.22. The van der Waals surface area contributed by atoms with Crippen LogP contribution in [0.2, 0.25) is 0 Å². The summed E-state index contributed by atoms with van der Waals surface area (Å²) in [4.78, 5) is 30.0. The van der Waals surface area contributed by atoms with Gasteiger partial charge in [0, 0.05) is 0 Å². The number of hydrogen-bond donors (Lipinski definition) is 4. The standard InChI is InChI=1S/C5H8O6.C3H6O3.C2H6.CH4/c1-11-5(10)3(7)2(6)4(8)9;1-6-3(5)2-4;1-2;/h2-3,6-7H,1H3,(H,8,9);4H,2H2,1H3;1-2H3;1H4/t2-,3-;;;/m1.../s1. The van der Waals surface area contributed by atoms with E-state index in [1.54, 1.807) is 0 Å². The van der Waals surface area contributed by atoms with Crippen molar-refractivity contribution < 1.29 is 44.3 Å². The van der Waals surface area contributed by atoms with Crippen LogP contribution in [0.4, 0.5) is 0 Å². The highest BCUT2D eigenvalue weighted by atomic mass is 16.5. The number of carbonyl (C=O) groups is 3. The number of rotatable bonds is 4. The molecule has 20 heavy (non-hydrogen) atoms. The fraction of sp³-hybridized carbons (Fsp3) is 0.727. The third-order valence-corrected chi connectivity index (χ3v) is 1.35. The zero-order valence-electron chi connectivity index (χ0n) is 11.2. The highest BCUT2D eigenvalue weighted by Crippen LogP contribution is 1.95. The molecule has 0 spiro atoms. The van der Waals surface area contributed by atoms with E-state index in [9.17, 15) is 14.4 Å². The van der Waals surface area contributed by atoms with Crippen LogP contribution >= 0.6 is 0 Å². The van der Waals surface area contributed by atoms with Crippen LogP contribution in [0.1, 0.15) is 21.3 Å². The quantitative estimate of drug-likeness (QED) is 0.468. The van der Waals surface area contributed by atoms with E-state index >= 15 is 0 Å². The Balaban J connectivity index is -0.000000122. The van der Waals surface area contributed by atoms with E-state index in [2.05, 4.69) is 9.47 Å². The summed E-state index contributed by atoms with van der Waals surface area (Å²) in [6, 6.07) is 0. The average Bonchev–Trinajstić information content (AvgIpc) is 2.46. The Bertz CT molecular complexity index is 259. The van der Waals surface area contributed by atoms with Gasteiger partial charge in [0.25, 0.3) is 0 Å². The molecule has 0 heterocycles. The van der Waals surface area contributed by atoms with Gasteiger partial charge < -0.3 is 29.9 Å². The summed E-state index contributed by atoms with van der Waals surface area (Å²) < 4.78 is 7.98. The Labute approximate surface area is 117 Å². The smallest absolute Gasteiger partial charge is 0.338 e. The number of methoxy groups -OCH3 is 2. The van der Waals surface area contributed by atoms with E-state index in [0.29, 0.717) is 0 Å². The molecule has 0 unspecified atom stereocenters. The lowest BCUT2D eigenvalue weighted by Gasteiger charge is -2.10. The number of aliphatic hydroxyl groups excluding tert-OH is 3. The zero-order valence-corrected chi connectivity index (χ0v) is 11.2. The van der Waals surface area contributed by atoms with Crippen LogP contribution in [-0.2, 0) is 23.9 Å². The number of ether oxygens (including phenoxy) is 2. The molecule has 0 fully saturated rings. The number of aliphatic carboxylic acids is 1. The van der Waals surface area contributed by atoms with E-state index in [1.807, 2.05) is 13.8 Å². The second kappa shape index (κ2) is 17.3. The summed E-state index contributed by atoms with van der Waals surface area (Å²) in [6.07, 6.45) is -4.17. The lowest BCUT2D eigenvalue weighted by molar-refractivity contribution is -0.167. The van der Waals surface area contributed by atoms with Crippen molar-refractivity contribution >= 4 is 17.9 Å². The molecule has 0 bridgehead atoms. The molecule has 0 rings (SSSR count). The molecule has 0 saturated carbocycles. The van der Waals surface area contributed by atoms with Gasteiger partial charge in [-0.2, -0.15) is 0 Å². The molecule has 0 aromatic heterocycles. The monoisotopic (exact) mass is 300 g/mol. The van der Waals surface area contributed by atoms with Crippen LogP contribution in [0.5, 0.6) is 0 Å². The van der Waals surface area contributed by atoms with Gasteiger partial charge in [0.05, 0.1) is 14.2 Å².